The van der Waals surface area contributed by atoms with Crippen molar-refractivity contribution < 1.29 is 19.1 Å². The predicted octanol–water partition coefficient (Wildman–Crippen LogP) is 3.70. The Morgan fingerprint density at radius 3 is 2.74 bits per heavy atom. The second-order valence-corrected chi connectivity index (χ2v) is 10.3. The zero-order valence-corrected chi connectivity index (χ0v) is 22.7. The van der Waals surface area contributed by atoms with E-state index in [0.29, 0.717) is 32.8 Å². The number of hydrogen-bond donors (Lipinski definition) is 1. The Balaban J connectivity index is 1.41. The molecule has 2 aliphatic heterocycles. The molecule has 3 aromatic rings. The smallest absolute Gasteiger partial charge is 0.410 e. The first-order valence-electron chi connectivity index (χ1n) is 12.5. The third-order valence-corrected chi connectivity index (χ3v) is 7.30. The number of likely N-dealkylation sites (tertiary alicyclic amines) is 1. The van der Waals surface area contributed by atoms with Crippen LogP contribution < -0.4 is 5.73 Å². The fourth-order valence-electron chi connectivity index (χ4n) is 5.02. The molecule has 0 saturated carbocycles. The van der Waals surface area contributed by atoms with Crippen LogP contribution in [0, 0.1) is 5.92 Å². The monoisotopic (exact) mass is 568 g/mol. The van der Waals surface area contributed by atoms with Gasteiger partial charge in [0.05, 0.1) is 19.6 Å². The van der Waals surface area contributed by atoms with E-state index in [-0.39, 0.29) is 63.1 Å². The number of dihydropyridines is 1. The van der Waals surface area contributed by atoms with E-state index in [0.717, 1.165) is 16.7 Å². The molecule has 1 atom stereocenters. The lowest BCUT2D eigenvalue weighted by atomic mass is 9.85. The maximum atomic E-state index is 13.3. The number of piperidine rings is 1. The molecule has 2 N–H and O–H groups in total. The minimum absolute atomic E-state index is 0.0120. The van der Waals surface area contributed by atoms with Crippen LogP contribution in [0.15, 0.2) is 47.1 Å². The summed E-state index contributed by atoms with van der Waals surface area (Å²) in [6, 6.07) is 7.05. The summed E-state index contributed by atoms with van der Waals surface area (Å²) in [5.41, 5.74) is 10.3. The number of aliphatic imine (C=N–C) groups is 1. The lowest BCUT2D eigenvalue weighted by Gasteiger charge is -2.35. The molecule has 1 amide bonds. The van der Waals surface area contributed by atoms with E-state index < -0.39 is 6.09 Å². The molecule has 1 saturated heterocycles. The van der Waals surface area contributed by atoms with Crippen LogP contribution in [0.5, 0.6) is 0 Å². The Hall–Kier alpha value is -3.60. The van der Waals surface area contributed by atoms with Crippen LogP contribution in [0.3, 0.4) is 0 Å². The number of benzene rings is 1. The minimum atomic E-state index is -0.486. The SMILES string of the molecule is CCOC(=O)N1CC2=CC(=O)CN=C2C(CC(=O)Cc2nnc3cc(CN)c(-c4ccc(Cl)cc4Cl)cn23)C1. The van der Waals surface area contributed by atoms with Crippen molar-refractivity contribution in [2.24, 2.45) is 16.6 Å². The van der Waals surface area contributed by atoms with Gasteiger partial charge in [-0.25, -0.2) is 4.79 Å². The maximum absolute atomic E-state index is 13.3. The van der Waals surface area contributed by atoms with Gasteiger partial charge in [0.1, 0.15) is 18.2 Å². The number of carbonyl (C=O) groups is 3. The summed E-state index contributed by atoms with van der Waals surface area (Å²) >= 11 is 12.6. The molecule has 1 fully saturated rings. The maximum Gasteiger partial charge on any atom is 0.410 e. The Morgan fingerprint density at radius 1 is 1.18 bits per heavy atom. The highest BCUT2D eigenvalue weighted by molar-refractivity contribution is 6.36. The summed E-state index contributed by atoms with van der Waals surface area (Å²) in [7, 11) is 0. The largest absolute Gasteiger partial charge is 0.450 e. The number of halogens is 2. The topological polar surface area (TPSA) is 132 Å². The van der Waals surface area contributed by atoms with E-state index in [1.165, 1.54) is 11.0 Å². The van der Waals surface area contributed by atoms with Gasteiger partial charge < -0.3 is 15.4 Å². The number of amides is 1. The van der Waals surface area contributed by atoms with Crippen molar-refractivity contribution in [1.29, 1.82) is 0 Å². The van der Waals surface area contributed by atoms with Crippen LogP contribution in [-0.2, 0) is 27.3 Å². The summed E-state index contributed by atoms with van der Waals surface area (Å²) < 4.78 is 6.91. The van der Waals surface area contributed by atoms with E-state index in [2.05, 4.69) is 15.2 Å². The molecule has 2 aromatic heterocycles. The number of rotatable bonds is 7. The number of fused-ring (bicyclic) bond motifs is 2. The van der Waals surface area contributed by atoms with Gasteiger partial charge in [0.15, 0.2) is 11.4 Å². The zero-order valence-electron chi connectivity index (χ0n) is 21.2. The van der Waals surface area contributed by atoms with Gasteiger partial charge in [0, 0.05) is 58.5 Å². The normalized spacial score (nSPS) is 17.1. The van der Waals surface area contributed by atoms with Gasteiger partial charge in [0.2, 0.25) is 0 Å². The Morgan fingerprint density at radius 2 is 2.00 bits per heavy atom. The molecular weight excluding hydrogens is 543 g/mol. The second kappa shape index (κ2) is 11.3. The van der Waals surface area contributed by atoms with Gasteiger partial charge in [-0.15, -0.1) is 10.2 Å². The van der Waals surface area contributed by atoms with Crippen molar-refractivity contribution in [3.05, 3.63) is 63.5 Å². The summed E-state index contributed by atoms with van der Waals surface area (Å²) in [6.07, 6.45) is 2.98. The van der Waals surface area contributed by atoms with Crippen molar-refractivity contribution in [1.82, 2.24) is 19.5 Å². The highest BCUT2D eigenvalue weighted by Gasteiger charge is 2.35. The predicted molar refractivity (Wildman–Crippen MR) is 147 cm³/mol. The Bertz CT molecular complexity index is 1550. The molecule has 1 unspecified atom stereocenters. The van der Waals surface area contributed by atoms with Crippen LogP contribution in [0.25, 0.3) is 16.8 Å². The Labute approximate surface area is 234 Å². The third kappa shape index (κ3) is 5.59. The molecule has 0 bridgehead atoms. The molecule has 2 aliphatic rings. The van der Waals surface area contributed by atoms with Gasteiger partial charge in [-0.1, -0.05) is 29.3 Å². The average Bonchev–Trinajstić information content (AvgIpc) is 3.28. The van der Waals surface area contributed by atoms with Crippen LogP contribution in [0.2, 0.25) is 10.0 Å². The standard InChI is InChI=1S/C27H26Cl2N6O4/c1-2-39-27(38)34-12-16(26-17(13-34)6-20(37)11-31-26)5-19(36)9-25-33-32-24-7-15(10-30)22(14-35(24)25)21-4-3-18(28)8-23(21)29/h3-4,6-8,14,16H,2,5,9-13,30H2,1H3. The molecule has 0 radical (unpaired) electrons. The molecule has 39 heavy (non-hydrogen) atoms. The number of nitrogens with two attached hydrogens (primary N) is 1. The second-order valence-electron chi connectivity index (χ2n) is 9.42. The van der Waals surface area contributed by atoms with E-state index in [9.17, 15) is 14.4 Å². The van der Waals surface area contributed by atoms with Crippen molar-refractivity contribution in [2.75, 3.05) is 26.2 Å². The molecule has 1 aromatic carbocycles. The van der Waals surface area contributed by atoms with Crippen LogP contribution in [0.4, 0.5) is 4.79 Å². The number of nitrogens with zero attached hydrogens (tertiary/aromatic N) is 5. The number of ether oxygens (including phenoxy) is 1. The van der Waals surface area contributed by atoms with Gasteiger partial charge in [-0.2, -0.15) is 0 Å². The van der Waals surface area contributed by atoms with Crippen LogP contribution in [0.1, 0.15) is 24.7 Å². The summed E-state index contributed by atoms with van der Waals surface area (Å²) in [4.78, 5) is 43.7. The fraction of sp³-hybridized carbons (Fsp3) is 0.333. The van der Waals surface area contributed by atoms with Crippen molar-refractivity contribution in [2.45, 2.75) is 26.3 Å². The fourth-order valence-corrected chi connectivity index (χ4v) is 5.53. The van der Waals surface area contributed by atoms with Gasteiger partial charge in [-0.3, -0.25) is 19.0 Å². The first-order chi connectivity index (χ1) is 18.8. The number of ketones is 2. The average molecular weight is 569 g/mol. The zero-order chi connectivity index (χ0) is 27.7. The van der Waals surface area contributed by atoms with E-state index >= 15 is 0 Å². The summed E-state index contributed by atoms with van der Waals surface area (Å²) in [6.45, 7) is 2.75. The number of carbonyl (C=O) groups excluding carboxylic acids is 3. The van der Waals surface area contributed by atoms with E-state index in [1.54, 1.807) is 23.5 Å². The third-order valence-electron chi connectivity index (χ3n) is 6.75. The quantitative estimate of drug-likeness (QED) is 0.459. The number of Topliss-reactive ketones (excluding diaryl/α,β-unsaturated/α-hetero) is 1. The highest BCUT2D eigenvalue weighted by atomic mass is 35.5. The molecule has 4 heterocycles. The van der Waals surface area contributed by atoms with Gasteiger partial charge in [0.25, 0.3) is 0 Å². The minimum Gasteiger partial charge on any atom is -0.450 e. The molecule has 0 aliphatic carbocycles. The lowest BCUT2D eigenvalue weighted by Crippen LogP contribution is -2.47. The lowest BCUT2D eigenvalue weighted by molar-refractivity contribution is -0.119. The molecule has 5 rings (SSSR count). The van der Waals surface area contributed by atoms with Gasteiger partial charge >= 0.3 is 6.09 Å². The van der Waals surface area contributed by atoms with Crippen molar-refractivity contribution in [3.63, 3.8) is 0 Å². The molecule has 202 valence electrons. The van der Waals surface area contributed by atoms with Crippen molar-refractivity contribution >= 4 is 52.2 Å². The van der Waals surface area contributed by atoms with E-state index in [4.69, 9.17) is 33.7 Å². The van der Waals surface area contributed by atoms with E-state index in [1.807, 2.05) is 18.3 Å². The van der Waals surface area contributed by atoms with Crippen LogP contribution >= 0.6 is 23.2 Å². The Kier molecular flexibility index (Phi) is 7.79. The number of hydrogen-bond acceptors (Lipinski definition) is 8. The number of aromatic nitrogens is 3. The molecule has 0 spiro atoms. The summed E-state index contributed by atoms with van der Waals surface area (Å²) in [5.74, 6) is -0.137. The highest BCUT2D eigenvalue weighted by Crippen LogP contribution is 2.33. The first kappa shape index (κ1) is 27.0. The molecular formula is C27H26Cl2N6O4. The van der Waals surface area contributed by atoms with Crippen molar-refractivity contribution in [3.8, 4) is 11.1 Å². The first-order valence-corrected chi connectivity index (χ1v) is 13.3. The van der Waals surface area contributed by atoms with Gasteiger partial charge in [-0.05, 0) is 42.3 Å². The number of pyridine rings is 1. The van der Waals surface area contributed by atoms with Crippen LogP contribution in [-0.4, -0.2) is 69.1 Å². The molecule has 12 heteroatoms. The summed E-state index contributed by atoms with van der Waals surface area (Å²) in [5, 5.41) is 9.49. The molecule has 10 nitrogen and oxygen atoms in total.